The van der Waals surface area contributed by atoms with E-state index in [1.54, 1.807) is 0 Å². The summed E-state index contributed by atoms with van der Waals surface area (Å²) in [6.07, 6.45) is -6.38. The van der Waals surface area contributed by atoms with Crippen molar-refractivity contribution in [1.29, 1.82) is 0 Å². The molecule has 0 aromatic heterocycles. The summed E-state index contributed by atoms with van der Waals surface area (Å²) in [5, 5.41) is 0. The van der Waals surface area contributed by atoms with E-state index in [-0.39, 0.29) is 31.4 Å². The number of carbonyl (C=O) groups is 1. The van der Waals surface area contributed by atoms with Crippen LogP contribution in [0.3, 0.4) is 0 Å². The van der Waals surface area contributed by atoms with Gasteiger partial charge in [0.2, 0.25) is 0 Å². The molecule has 9 heteroatoms. The molecule has 0 aliphatic heterocycles. The molecule has 0 fully saturated rings. The summed E-state index contributed by atoms with van der Waals surface area (Å²) in [4.78, 5) is 11.2. The van der Waals surface area contributed by atoms with Crippen molar-refractivity contribution in [1.82, 2.24) is 0 Å². The highest BCUT2D eigenvalue weighted by molar-refractivity contribution is 5.86. The van der Waals surface area contributed by atoms with Crippen molar-refractivity contribution in [2.45, 2.75) is 70.4 Å². The lowest BCUT2D eigenvalue weighted by atomic mass is 9.76. The fraction of sp³-hybridized carbons (Fsp3) is 0.812. The third-order valence-corrected chi connectivity index (χ3v) is 3.97. The van der Waals surface area contributed by atoms with E-state index < -0.39 is 42.2 Å². The molecule has 0 bridgehead atoms. The molecule has 2 unspecified atom stereocenters. The van der Waals surface area contributed by atoms with Crippen molar-refractivity contribution in [2.24, 2.45) is 5.92 Å². The predicted octanol–water partition coefficient (Wildman–Crippen LogP) is 5.57. The van der Waals surface area contributed by atoms with Gasteiger partial charge in [-0.3, -0.25) is 0 Å². The van der Waals surface area contributed by atoms with E-state index in [1.807, 2.05) is 0 Å². The average molecular weight is 380 g/mol. The number of carbonyl (C=O) groups excluding carboxylic acids is 1. The number of ether oxygens (including phenoxy) is 1. The molecule has 0 aliphatic rings. The molecular weight excluding hydrogens is 357 g/mol. The van der Waals surface area contributed by atoms with E-state index in [0.717, 1.165) is 6.92 Å². The molecule has 0 saturated heterocycles. The van der Waals surface area contributed by atoms with Crippen LogP contribution in [-0.4, -0.2) is 36.5 Å². The maximum absolute atomic E-state index is 14.8. The van der Waals surface area contributed by atoms with Gasteiger partial charge in [-0.25, -0.2) is 18.0 Å². The molecule has 0 radical (unpaired) electrons. The molecular formula is C16H23F7O2. The normalized spacial score (nSPS) is 16.4. The van der Waals surface area contributed by atoms with Gasteiger partial charge < -0.3 is 4.74 Å². The Balaban J connectivity index is 5.17. The van der Waals surface area contributed by atoms with Crippen LogP contribution in [0.1, 0.15) is 46.5 Å². The van der Waals surface area contributed by atoms with Crippen molar-refractivity contribution in [2.75, 3.05) is 6.61 Å². The highest BCUT2D eigenvalue weighted by atomic mass is 19.3. The van der Waals surface area contributed by atoms with E-state index >= 15 is 0 Å². The fourth-order valence-electron chi connectivity index (χ4n) is 2.40. The molecule has 0 spiro atoms. The standard InChI is InChI=1S/C16H23F7O2/c1-5-8-14(19,16(22,23)15(20,21)13(17)18)11(4)7-6-9-25-12(24)10(2)3/h11,13H,2,5-9H2,1,3-4H3. The average Bonchev–Trinajstić information content (AvgIpc) is 2.50. The Hall–Kier alpha value is -1.28. The van der Waals surface area contributed by atoms with E-state index in [4.69, 9.17) is 4.74 Å². The van der Waals surface area contributed by atoms with Crippen LogP contribution in [0.4, 0.5) is 30.7 Å². The van der Waals surface area contributed by atoms with E-state index in [1.165, 1.54) is 13.8 Å². The van der Waals surface area contributed by atoms with Gasteiger partial charge >= 0.3 is 24.2 Å². The molecule has 0 aromatic rings. The van der Waals surface area contributed by atoms with Gasteiger partial charge in [0.1, 0.15) is 0 Å². The summed E-state index contributed by atoms with van der Waals surface area (Å²) in [6.45, 7) is 6.68. The van der Waals surface area contributed by atoms with E-state index in [2.05, 4.69) is 6.58 Å². The van der Waals surface area contributed by atoms with Crippen LogP contribution in [0.5, 0.6) is 0 Å². The SMILES string of the molecule is C=C(C)C(=O)OCCCC(C)C(F)(CCC)C(F)(F)C(F)(F)C(F)F. The first kappa shape index (κ1) is 23.7. The minimum absolute atomic E-state index is 0.0914. The Morgan fingerprint density at radius 3 is 2.08 bits per heavy atom. The van der Waals surface area contributed by atoms with Crippen LogP contribution in [0.25, 0.3) is 0 Å². The molecule has 148 valence electrons. The van der Waals surface area contributed by atoms with Crippen LogP contribution < -0.4 is 0 Å². The summed E-state index contributed by atoms with van der Waals surface area (Å²) in [6, 6.07) is 0. The molecule has 0 heterocycles. The number of alkyl halides is 7. The van der Waals surface area contributed by atoms with Crippen LogP contribution in [-0.2, 0) is 9.53 Å². The number of esters is 1. The molecule has 0 saturated carbocycles. The summed E-state index contributed by atoms with van der Waals surface area (Å²) in [5.74, 6) is -13.7. The number of hydrogen-bond acceptors (Lipinski definition) is 2. The number of halogens is 7. The van der Waals surface area contributed by atoms with Crippen molar-refractivity contribution < 1.29 is 40.3 Å². The Morgan fingerprint density at radius 2 is 1.68 bits per heavy atom. The van der Waals surface area contributed by atoms with E-state index in [9.17, 15) is 35.5 Å². The zero-order chi connectivity index (χ0) is 20.1. The third kappa shape index (κ3) is 5.10. The quantitative estimate of drug-likeness (QED) is 0.203. The van der Waals surface area contributed by atoms with Gasteiger partial charge in [-0.15, -0.1) is 0 Å². The maximum atomic E-state index is 14.8. The van der Waals surface area contributed by atoms with Crippen molar-refractivity contribution in [3.8, 4) is 0 Å². The molecule has 0 aliphatic carbocycles. The van der Waals surface area contributed by atoms with Crippen molar-refractivity contribution >= 4 is 5.97 Å². The molecule has 0 N–H and O–H groups in total. The van der Waals surface area contributed by atoms with Crippen LogP contribution in [0.15, 0.2) is 12.2 Å². The summed E-state index contributed by atoms with van der Waals surface area (Å²) in [5.41, 5.74) is -3.72. The van der Waals surface area contributed by atoms with Crippen LogP contribution >= 0.6 is 0 Å². The molecule has 2 atom stereocenters. The maximum Gasteiger partial charge on any atom is 0.372 e. The minimum atomic E-state index is -5.79. The second-order valence-electron chi connectivity index (χ2n) is 6.07. The number of rotatable bonds is 11. The van der Waals surface area contributed by atoms with Gasteiger partial charge in [-0.2, -0.15) is 17.6 Å². The fourth-order valence-corrected chi connectivity index (χ4v) is 2.40. The zero-order valence-electron chi connectivity index (χ0n) is 14.4. The molecule has 25 heavy (non-hydrogen) atoms. The largest absolute Gasteiger partial charge is 0.462 e. The topological polar surface area (TPSA) is 26.3 Å². The predicted molar refractivity (Wildman–Crippen MR) is 78.8 cm³/mol. The molecule has 0 rings (SSSR count). The Kier molecular flexibility index (Phi) is 8.44. The highest BCUT2D eigenvalue weighted by Gasteiger charge is 2.74. The first-order valence-corrected chi connectivity index (χ1v) is 7.81. The lowest BCUT2D eigenvalue weighted by Gasteiger charge is -2.41. The summed E-state index contributed by atoms with van der Waals surface area (Å²) in [7, 11) is 0. The first-order valence-electron chi connectivity index (χ1n) is 7.81. The lowest BCUT2D eigenvalue weighted by molar-refractivity contribution is -0.320. The van der Waals surface area contributed by atoms with Gasteiger partial charge in [0.05, 0.1) is 6.61 Å². The molecule has 2 nitrogen and oxygen atoms in total. The Bertz CT molecular complexity index is 465. The van der Waals surface area contributed by atoms with Gasteiger partial charge in [-0.05, 0) is 32.1 Å². The Morgan fingerprint density at radius 1 is 1.16 bits per heavy atom. The van der Waals surface area contributed by atoms with Gasteiger partial charge in [-0.1, -0.05) is 26.8 Å². The molecule has 0 amide bonds. The van der Waals surface area contributed by atoms with Crippen LogP contribution in [0, 0.1) is 5.92 Å². The molecule has 0 aromatic carbocycles. The first-order chi connectivity index (χ1) is 11.3. The third-order valence-electron chi connectivity index (χ3n) is 3.97. The smallest absolute Gasteiger partial charge is 0.372 e. The second kappa shape index (κ2) is 8.89. The second-order valence-corrected chi connectivity index (χ2v) is 6.07. The number of hydrogen-bond donors (Lipinski definition) is 0. The zero-order valence-corrected chi connectivity index (χ0v) is 14.4. The Labute approximate surface area is 142 Å². The van der Waals surface area contributed by atoms with Gasteiger partial charge in [0.25, 0.3) is 0 Å². The van der Waals surface area contributed by atoms with E-state index in [0.29, 0.717) is 0 Å². The van der Waals surface area contributed by atoms with Gasteiger partial charge in [0, 0.05) is 5.57 Å². The van der Waals surface area contributed by atoms with Crippen molar-refractivity contribution in [3.05, 3.63) is 12.2 Å². The summed E-state index contributed by atoms with van der Waals surface area (Å²) < 4.78 is 98.7. The minimum Gasteiger partial charge on any atom is -0.462 e. The van der Waals surface area contributed by atoms with Crippen molar-refractivity contribution in [3.63, 3.8) is 0 Å². The van der Waals surface area contributed by atoms with Crippen LogP contribution in [0.2, 0.25) is 0 Å². The highest BCUT2D eigenvalue weighted by Crippen LogP contribution is 2.53. The lowest BCUT2D eigenvalue weighted by Crippen LogP contribution is -2.61. The van der Waals surface area contributed by atoms with Gasteiger partial charge in [0.15, 0.2) is 5.67 Å². The summed E-state index contributed by atoms with van der Waals surface area (Å²) >= 11 is 0. The monoisotopic (exact) mass is 380 g/mol.